The van der Waals surface area contributed by atoms with E-state index in [0.29, 0.717) is 12.2 Å². The molecule has 7 nitrogen and oxygen atoms in total. The molecule has 46 heavy (non-hydrogen) atoms. The molecule has 0 aromatic heterocycles. The number of carbonyl (C=O) groups is 2. The van der Waals surface area contributed by atoms with E-state index in [4.69, 9.17) is 0 Å². The first-order valence-electron chi connectivity index (χ1n) is 15.5. The number of nitrogens with one attached hydrogen (secondary N) is 1. The summed E-state index contributed by atoms with van der Waals surface area (Å²) in [6.07, 6.45) is 0.152. The summed E-state index contributed by atoms with van der Waals surface area (Å²) < 4.78 is 44.3. The zero-order valence-electron chi connectivity index (χ0n) is 26.8. The monoisotopic (exact) mass is 643 g/mol. The fraction of sp³-hybridized carbons (Fsp3) is 0.297. The molecule has 0 heterocycles. The van der Waals surface area contributed by atoms with E-state index in [1.54, 1.807) is 48.5 Å². The van der Waals surface area contributed by atoms with Crippen LogP contribution in [0.25, 0.3) is 0 Å². The molecule has 0 radical (unpaired) electrons. The topological polar surface area (TPSA) is 86.8 Å². The highest BCUT2D eigenvalue weighted by molar-refractivity contribution is 7.92. The van der Waals surface area contributed by atoms with Gasteiger partial charge in [0.05, 0.1) is 10.6 Å². The number of carbonyl (C=O) groups excluding carboxylic acids is 2. The van der Waals surface area contributed by atoms with Gasteiger partial charge < -0.3 is 10.2 Å². The average Bonchev–Trinajstić information content (AvgIpc) is 3.05. The Morgan fingerprint density at radius 1 is 0.783 bits per heavy atom. The van der Waals surface area contributed by atoms with E-state index in [-0.39, 0.29) is 35.3 Å². The fourth-order valence-corrected chi connectivity index (χ4v) is 6.50. The van der Waals surface area contributed by atoms with Crippen LogP contribution in [0.4, 0.5) is 10.1 Å². The van der Waals surface area contributed by atoms with Gasteiger partial charge in [0.1, 0.15) is 18.4 Å². The lowest BCUT2D eigenvalue weighted by Gasteiger charge is -2.34. The van der Waals surface area contributed by atoms with Crippen molar-refractivity contribution >= 4 is 27.5 Å². The van der Waals surface area contributed by atoms with Gasteiger partial charge in [-0.15, -0.1) is 0 Å². The standard InChI is InChI=1S/C37H42FN3O4S/c1-27(2)24-39-37(43)35(23-29-13-7-5-8-14-29)40(25-31-15-11-12-18-34(31)38)36(42)26-41(32-21-19-30(20-22-32)28(3)4)46(44,45)33-16-9-6-10-17-33/h5-22,27-28,35H,23-26H2,1-4H3,(H,39,43)/t35-/m1/s1. The quantitative estimate of drug-likeness (QED) is 0.169. The van der Waals surface area contributed by atoms with Crippen molar-refractivity contribution in [2.75, 3.05) is 17.4 Å². The number of hydrogen-bond donors (Lipinski definition) is 1. The van der Waals surface area contributed by atoms with Crippen molar-refractivity contribution in [3.05, 3.63) is 132 Å². The Morgan fingerprint density at radius 2 is 1.37 bits per heavy atom. The SMILES string of the molecule is CC(C)CNC(=O)[C@@H](Cc1ccccc1)N(Cc1ccccc1F)C(=O)CN(c1ccc(C(C)C)cc1)S(=O)(=O)c1ccccc1. The molecule has 0 unspecified atom stereocenters. The van der Waals surface area contributed by atoms with Crippen LogP contribution in [0.3, 0.4) is 0 Å². The molecule has 1 N–H and O–H groups in total. The van der Waals surface area contributed by atoms with Crippen molar-refractivity contribution in [3.63, 3.8) is 0 Å². The zero-order chi connectivity index (χ0) is 33.3. The van der Waals surface area contributed by atoms with Crippen molar-refractivity contribution in [1.29, 1.82) is 0 Å². The van der Waals surface area contributed by atoms with Gasteiger partial charge in [0.15, 0.2) is 0 Å². The van der Waals surface area contributed by atoms with Crippen LogP contribution in [-0.2, 0) is 32.6 Å². The number of rotatable bonds is 14. The summed E-state index contributed by atoms with van der Waals surface area (Å²) in [6, 6.07) is 29.2. The summed E-state index contributed by atoms with van der Waals surface area (Å²) in [6.45, 7) is 7.54. The third-order valence-electron chi connectivity index (χ3n) is 7.71. The average molecular weight is 644 g/mol. The Labute approximate surface area is 272 Å². The van der Waals surface area contributed by atoms with E-state index < -0.39 is 40.2 Å². The molecule has 4 rings (SSSR count). The third kappa shape index (κ3) is 8.81. The molecule has 4 aromatic rings. The van der Waals surface area contributed by atoms with Gasteiger partial charge in [-0.25, -0.2) is 12.8 Å². The predicted octanol–water partition coefficient (Wildman–Crippen LogP) is 6.56. The molecule has 2 amide bonds. The van der Waals surface area contributed by atoms with Crippen molar-refractivity contribution in [3.8, 4) is 0 Å². The smallest absolute Gasteiger partial charge is 0.264 e. The maximum Gasteiger partial charge on any atom is 0.264 e. The van der Waals surface area contributed by atoms with Crippen LogP contribution < -0.4 is 9.62 Å². The highest BCUT2D eigenvalue weighted by atomic mass is 32.2. The fourth-order valence-electron chi connectivity index (χ4n) is 5.06. The molecule has 0 aliphatic heterocycles. The van der Waals surface area contributed by atoms with Crippen LogP contribution in [0.2, 0.25) is 0 Å². The molecule has 0 fully saturated rings. The van der Waals surface area contributed by atoms with Gasteiger partial charge in [-0.05, 0) is 53.3 Å². The lowest BCUT2D eigenvalue weighted by molar-refractivity contribution is -0.140. The van der Waals surface area contributed by atoms with Gasteiger partial charge in [-0.2, -0.15) is 0 Å². The lowest BCUT2D eigenvalue weighted by atomic mass is 10.0. The van der Waals surface area contributed by atoms with Crippen molar-refractivity contribution in [1.82, 2.24) is 10.2 Å². The highest BCUT2D eigenvalue weighted by Crippen LogP contribution is 2.27. The predicted molar refractivity (Wildman–Crippen MR) is 180 cm³/mol. The molecular formula is C37H42FN3O4S. The van der Waals surface area contributed by atoms with Crippen molar-refractivity contribution < 1.29 is 22.4 Å². The second-order valence-electron chi connectivity index (χ2n) is 12.0. The summed E-state index contributed by atoms with van der Waals surface area (Å²) in [7, 11) is -4.21. The maximum absolute atomic E-state index is 15.1. The van der Waals surface area contributed by atoms with Crippen LogP contribution in [0.1, 0.15) is 50.3 Å². The van der Waals surface area contributed by atoms with Gasteiger partial charge in [0.2, 0.25) is 11.8 Å². The van der Waals surface area contributed by atoms with Crippen LogP contribution in [0.15, 0.2) is 114 Å². The Balaban J connectivity index is 1.81. The molecule has 0 bridgehead atoms. The van der Waals surface area contributed by atoms with Gasteiger partial charge in [0.25, 0.3) is 10.0 Å². The Bertz CT molecular complexity index is 1700. The number of anilines is 1. The molecule has 4 aromatic carbocycles. The Morgan fingerprint density at radius 3 is 1.96 bits per heavy atom. The van der Waals surface area contributed by atoms with Crippen LogP contribution >= 0.6 is 0 Å². The minimum Gasteiger partial charge on any atom is -0.354 e. The van der Waals surface area contributed by atoms with E-state index in [0.717, 1.165) is 15.4 Å². The number of sulfonamides is 1. The molecule has 0 spiro atoms. The minimum atomic E-state index is -4.21. The number of benzene rings is 4. The summed E-state index contributed by atoms with van der Waals surface area (Å²) in [5, 5.41) is 2.94. The van der Waals surface area contributed by atoms with Gasteiger partial charge in [-0.1, -0.05) is 107 Å². The Kier molecular flexibility index (Phi) is 11.7. The number of nitrogens with zero attached hydrogens (tertiary/aromatic N) is 2. The first-order chi connectivity index (χ1) is 22.0. The third-order valence-corrected chi connectivity index (χ3v) is 9.50. The summed E-state index contributed by atoms with van der Waals surface area (Å²) in [5.41, 5.74) is 2.33. The number of amides is 2. The minimum absolute atomic E-state index is 0.0203. The molecule has 242 valence electrons. The molecule has 0 saturated carbocycles. The van der Waals surface area contributed by atoms with Gasteiger partial charge in [-0.3, -0.25) is 13.9 Å². The summed E-state index contributed by atoms with van der Waals surface area (Å²) in [4.78, 5) is 29.6. The van der Waals surface area contributed by atoms with E-state index in [9.17, 15) is 18.0 Å². The molecule has 0 saturated heterocycles. The number of hydrogen-bond acceptors (Lipinski definition) is 4. The highest BCUT2D eigenvalue weighted by Gasteiger charge is 2.35. The largest absolute Gasteiger partial charge is 0.354 e. The summed E-state index contributed by atoms with van der Waals surface area (Å²) in [5.74, 6) is -1.21. The molecule has 0 aliphatic carbocycles. The van der Waals surface area contributed by atoms with E-state index in [1.807, 2.05) is 70.2 Å². The molecule has 1 atom stereocenters. The van der Waals surface area contributed by atoms with Crippen LogP contribution in [-0.4, -0.2) is 44.3 Å². The van der Waals surface area contributed by atoms with E-state index in [1.165, 1.54) is 23.1 Å². The first-order valence-corrected chi connectivity index (χ1v) is 16.9. The van der Waals surface area contributed by atoms with Crippen LogP contribution in [0.5, 0.6) is 0 Å². The lowest BCUT2D eigenvalue weighted by Crippen LogP contribution is -2.53. The molecule has 0 aliphatic rings. The van der Waals surface area contributed by atoms with Crippen molar-refractivity contribution in [2.45, 2.75) is 57.5 Å². The van der Waals surface area contributed by atoms with Gasteiger partial charge in [0, 0.05) is 25.1 Å². The number of halogens is 1. The van der Waals surface area contributed by atoms with E-state index >= 15 is 4.39 Å². The van der Waals surface area contributed by atoms with E-state index in [2.05, 4.69) is 5.32 Å². The van der Waals surface area contributed by atoms with Gasteiger partial charge >= 0.3 is 0 Å². The summed E-state index contributed by atoms with van der Waals surface area (Å²) >= 11 is 0. The molecule has 9 heteroatoms. The zero-order valence-corrected chi connectivity index (χ0v) is 27.6. The first kappa shape index (κ1) is 34.4. The maximum atomic E-state index is 15.1. The second-order valence-corrected chi connectivity index (χ2v) is 13.9. The Hall–Kier alpha value is -4.50. The van der Waals surface area contributed by atoms with Crippen LogP contribution in [0, 0.1) is 11.7 Å². The normalized spacial score (nSPS) is 12.2. The van der Waals surface area contributed by atoms with Crippen molar-refractivity contribution in [2.24, 2.45) is 5.92 Å². The molecular weight excluding hydrogens is 601 g/mol. The second kappa shape index (κ2) is 15.7.